The summed E-state index contributed by atoms with van der Waals surface area (Å²) in [4.78, 5) is 124. The number of urea groups is 1. The lowest BCUT2D eigenvalue weighted by molar-refractivity contribution is -0.157. The first-order valence-electron chi connectivity index (χ1n) is 42.1. The van der Waals surface area contributed by atoms with E-state index in [4.69, 9.17) is 38.1 Å². The smallest absolute Gasteiger partial charge is 0.315 e. The molecule has 0 aromatic rings. The Hall–Kier alpha value is -4.78. The van der Waals surface area contributed by atoms with Crippen LogP contribution < -0.4 is 65.9 Å². The van der Waals surface area contributed by atoms with Crippen molar-refractivity contribution in [3.05, 3.63) is 0 Å². The molecular formula is C80H156N12O11S. The van der Waals surface area contributed by atoms with Crippen LogP contribution >= 0.6 is 11.8 Å². The Bertz CT molecular complexity index is 2160. The molecule has 0 aliphatic rings. The molecule has 0 rings (SSSR count). The second kappa shape index (κ2) is 72.4. The summed E-state index contributed by atoms with van der Waals surface area (Å²) in [6, 6.07) is -7.50. The summed E-state index contributed by atoms with van der Waals surface area (Å²) >= 11 is 1.23. The topological polar surface area (TPSA) is 386 Å². The van der Waals surface area contributed by atoms with Crippen LogP contribution in [0.3, 0.4) is 0 Å². The van der Waals surface area contributed by atoms with Gasteiger partial charge in [0.25, 0.3) is 0 Å². The third kappa shape index (κ3) is 59.3. The van der Waals surface area contributed by atoms with E-state index >= 15 is 0 Å². The molecule has 8 amide bonds. The summed E-state index contributed by atoms with van der Waals surface area (Å²) in [7, 11) is 0. The molecular weight excluding hydrogens is 1340 g/mol. The van der Waals surface area contributed by atoms with Gasteiger partial charge in [-0.1, -0.05) is 245 Å². The summed E-state index contributed by atoms with van der Waals surface area (Å²) in [5, 5.41) is 19.5. The lowest BCUT2D eigenvalue weighted by Crippen LogP contribution is -2.59. The number of carbonyl (C=O) groups is 9. The molecule has 608 valence electrons. The first-order chi connectivity index (χ1) is 50.5. The average molecular weight is 1490 g/mol. The predicted molar refractivity (Wildman–Crippen MR) is 426 cm³/mol. The van der Waals surface area contributed by atoms with Gasteiger partial charge in [0.1, 0.15) is 49.0 Å². The van der Waals surface area contributed by atoms with Crippen molar-refractivity contribution in [2.45, 2.75) is 404 Å². The fraction of sp³-hybridized carbons (Fsp3) is 0.887. The van der Waals surface area contributed by atoms with Crippen LogP contribution in [0.25, 0.3) is 0 Å². The van der Waals surface area contributed by atoms with Crippen molar-refractivity contribution < 1.29 is 52.6 Å². The van der Waals surface area contributed by atoms with Crippen LogP contribution in [-0.2, 0) is 47.8 Å². The van der Waals surface area contributed by atoms with Gasteiger partial charge in [-0.3, -0.25) is 38.4 Å². The molecule has 23 nitrogen and oxygen atoms in total. The molecule has 0 aromatic carbocycles. The fourth-order valence-electron chi connectivity index (χ4n) is 12.6. The quantitative estimate of drug-likeness (QED) is 0.0199. The van der Waals surface area contributed by atoms with Gasteiger partial charge >= 0.3 is 18.0 Å². The standard InChI is InChI=1S/C80H156N12O11S/c1-5-8-11-14-17-20-23-26-28-31-34-37-40-55-72(93)102-62-66(103-73(94)56-41-38-35-32-29-27-24-21-18-15-12-9-6-2)63-104-64-71(92-80(101)86-61-50-39-36-33-30-25-22-19-16-13-10-7-3)79(100)87-65(4)75(96)89-68(52-43-47-58-82)77(98)91-70(54-45-49-60-84)78(99)90-69(53-44-48-59-83)76(97)88-67(74(85)95)51-42-46-57-81/h65-71H,5-64,81-84H2,1-4H3,(H2,85,95)(H,87,100)(H,88,97)(H,89,96)(H,90,99)(H,91,98)(H2,86,92,101)/t65-,66?,67-,68-,69-,70-,71-/m0/s1. The summed E-state index contributed by atoms with van der Waals surface area (Å²) in [5.41, 5.74) is 28.8. The first kappa shape index (κ1) is 99.2. The van der Waals surface area contributed by atoms with Gasteiger partial charge in [0, 0.05) is 30.9 Å². The largest absolute Gasteiger partial charge is 0.462 e. The van der Waals surface area contributed by atoms with Gasteiger partial charge in [-0.2, -0.15) is 11.8 Å². The number of carbonyl (C=O) groups excluding carboxylic acids is 9. The van der Waals surface area contributed by atoms with Crippen molar-refractivity contribution in [1.82, 2.24) is 37.2 Å². The third-order valence-corrected chi connectivity index (χ3v) is 20.5. The van der Waals surface area contributed by atoms with Crippen molar-refractivity contribution in [1.29, 1.82) is 0 Å². The van der Waals surface area contributed by atoms with Gasteiger partial charge < -0.3 is 75.4 Å². The Kier molecular flexibility index (Phi) is 69.1. The van der Waals surface area contributed by atoms with Crippen molar-refractivity contribution in [3.63, 3.8) is 0 Å². The Labute approximate surface area is 635 Å². The fourth-order valence-corrected chi connectivity index (χ4v) is 13.7. The van der Waals surface area contributed by atoms with Crippen LogP contribution in [0.5, 0.6) is 0 Å². The highest BCUT2D eigenvalue weighted by atomic mass is 32.2. The van der Waals surface area contributed by atoms with Gasteiger partial charge in [-0.15, -0.1) is 0 Å². The summed E-state index contributed by atoms with van der Waals surface area (Å²) in [6.45, 7) is 9.74. The molecule has 0 saturated heterocycles. The van der Waals surface area contributed by atoms with E-state index in [0.717, 1.165) is 64.2 Å². The minimum atomic E-state index is -1.24. The molecule has 0 fully saturated rings. The van der Waals surface area contributed by atoms with Crippen LogP contribution in [-0.4, -0.2) is 147 Å². The maximum atomic E-state index is 14.5. The highest BCUT2D eigenvalue weighted by Crippen LogP contribution is 2.19. The minimum Gasteiger partial charge on any atom is -0.462 e. The van der Waals surface area contributed by atoms with E-state index in [1.807, 2.05) is 0 Å². The molecule has 1 unspecified atom stereocenters. The maximum Gasteiger partial charge on any atom is 0.315 e. The monoisotopic (exact) mass is 1490 g/mol. The number of thioether (sulfide) groups is 1. The van der Waals surface area contributed by atoms with Crippen LogP contribution in [0.15, 0.2) is 0 Å². The summed E-state index contributed by atoms with van der Waals surface area (Å²) in [5.74, 6) is -4.77. The zero-order chi connectivity index (χ0) is 76.7. The van der Waals surface area contributed by atoms with Crippen molar-refractivity contribution in [2.24, 2.45) is 28.7 Å². The van der Waals surface area contributed by atoms with Crippen molar-refractivity contribution >= 4 is 65.2 Å². The summed E-state index contributed by atoms with van der Waals surface area (Å²) in [6.07, 6.45) is 48.9. The molecule has 0 spiro atoms. The molecule has 0 aromatic heterocycles. The molecule has 104 heavy (non-hydrogen) atoms. The maximum absolute atomic E-state index is 14.5. The van der Waals surface area contributed by atoms with E-state index < -0.39 is 89.8 Å². The lowest BCUT2D eigenvalue weighted by atomic mass is 10.0. The minimum absolute atomic E-state index is 0.0141. The van der Waals surface area contributed by atoms with Crippen molar-refractivity contribution in [2.75, 3.05) is 50.8 Å². The average Bonchev–Trinajstić information content (AvgIpc) is 0.869. The first-order valence-corrected chi connectivity index (χ1v) is 43.3. The molecule has 0 radical (unpaired) electrons. The highest BCUT2D eigenvalue weighted by Gasteiger charge is 2.33. The number of nitrogens with one attached hydrogen (secondary N) is 7. The van der Waals surface area contributed by atoms with Crippen LogP contribution in [0.1, 0.15) is 362 Å². The van der Waals surface area contributed by atoms with E-state index in [1.165, 1.54) is 186 Å². The van der Waals surface area contributed by atoms with E-state index in [0.29, 0.717) is 96.9 Å². The lowest BCUT2D eigenvalue weighted by Gasteiger charge is -2.27. The number of nitrogens with two attached hydrogens (primary N) is 5. The second-order valence-electron chi connectivity index (χ2n) is 29.2. The Morgan fingerprint density at radius 1 is 0.327 bits per heavy atom. The van der Waals surface area contributed by atoms with E-state index in [-0.39, 0.29) is 62.6 Å². The number of esters is 2. The zero-order valence-corrected chi connectivity index (χ0v) is 67.1. The van der Waals surface area contributed by atoms with Crippen LogP contribution in [0, 0.1) is 0 Å². The van der Waals surface area contributed by atoms with Crippen LogP contribution in [0.2, 0.25) is 0 Å². The van der Waals surface area contributed by atoms with Gasteiger partial charge in [0.15, 0.2) is 0 Å². The normalized spacial score (nSPS) is 13.3. The van der Waals surface area contributed by atoms with E-state index in [9.17, 15) is 43.2 Å². The van der Waals surface area contributed by atoms with Crippen LogP contribution in [0.4, 0.5) is 4.79 Å². The Morgan fingerprint density at radius 2 is 0.635 bits per heavy atom. The number of amides is 8. The van der Waals surface area contributed by atoms with Gasteiger partial charge in [-0.25, -0.2) is 4.79 Å². The Balaban J connectivity index is 6.52. The van der Waals surface area contributed by atoms with Crippen molar-refractivity contribution in [3.8, 4) is 0 Å². The van der Waals surface area contributed by atoms with E-state index in [1.54, 1.807) is 0 Å². The zero-order valence-electron chi connectivity index (χ0n) is 66.3. The molecule has 24 heteroatoms. The van der Waals surface area contributed by atoms with E-state index in [2.05, 4.69) is 58.0 Å². The van der Waals surface area contributed by atoms with Gasteiger partial charge in [-0.05, 0) is 129 Å². The number of hydrogen-bond acceptors (Lipinski definition) is 16. The number of primary amides is 1. The molecule has 0 heterocycles. The summed E-state index contributed by atoms with van der Waals surface area (Å²) < 4.78 is 11.8. The van der Waals surface area contributed by atoms with Gasteiger partial charge in [0.2, 0.25) is 35.4 Å². The number of rotatable bonds is 76. The highest BCUT2D eigenvalue weighted by molar-refractivity contribution is 7.99. The molecule has 0 aliphatic carbocycles. The molecule has 0 bridgehead atoms. The third-order valence-electron chi connectivity index (χ3n) is 19.3. The predicted octanol–water partition coefficient (Wildman–Crippen LogP) is 13.0. The number of unbranched alkanes of at least 4 members (excludes halogenated alkanes) is 39. The second-order valence-corrected chi connectivity index (χ2v) is 30.2. The molecule has 7 atom stereocenters. The SMILES string of the molecule is CCCCCCCCCCCCCCCC(=O)OCC(CSC[C@H](NC(=O)NCCCCCCCCCCCCCC)C(=O)N[C@@H](C)C(=O)N[C@@H](CCCCN)C(=O)N[C@@H](CCCCN)C(=O)N[C@@H](CCCCN)C(=O)N[C@@H](CCCCN)C(N)=O)OC(=O)CCCCCCCCCCCCCCC. The Morgan fingerprint density at radius 3 is 0.990 bits per heavy atom. The number of hydrogen-bond donors (Lipinski definition) is 12. The molecule has 0 aliphatic heterocycles. The molecule has 0 saturated carbocycles. The van der Waals surface area contributed by atoms with Gasteiger partial charge in [0.05, 0.1) is 0 Å². The number of ether oxygens (including phenoxy) is 2. The molecule has 17 N–H and O–H groups in total.